The molecule has 1 atom stereocenters. The summed E-state index contributed by atoms with van der Waals surface area (Å²) >= 11 is 4.33. The zero-order chi connectivity index (χ0) is 13.8. The van der Waals surface area contributed by atoms with Crippen molar-refractivity contribution in [3.05, 3.63) is 29.3 Å². The molecule has 1 saturated heterocycles. The van der Waals surface area contributed by atoms with Gasteiger partial charge in [0.05, 0.1) is 0 Å². The van der Waals surface area contributed by atoms with E-state index in [1.54, 1.807) is 0 Å². The number of hydrogen-bond acceptors (Lipinski definition) is 3. The van der Waals surface area contributed by atoms with Crippen LogP contribution in [-0.2, 0) is 0 Å². The van der Waals surface area contributed by atoms with Gasteiger partial charge in [0.1, 0.15) is 0 Å². The number of hydrogen-bond donors (Lipinski definition) is 2. The van der Waals surface area contributed by atoms with Crippen molar-refractivity contribution in [2.24, 2.45) is 5.92 Å². The first kappa shape index (κ1) is 14.4. The molecular formula is C15H22N2OS. The van der Waals surface area contributed by atoms with Crippen molar-refractivity contribution in [1.82, 2.24) is 10.2 Å². The van der Waals surface area contributed by atoms with Crippen molar-refractivity contribution in [3.8, 4) is 0 Å². The van der Waals surface area contributed by atoms with Gasteiger partial charge in [-0.05, 0) is 57.0 Å². The number of carbonyl (C=O) groups excluding carboxylic acids is 1. The maximum absolute atomic E-state index is 12.6. The summed E-state index contributed by atoms with van der Waals surface area (Å²) in [4.78, 5) is 15.4. The largest absolute Gasteiger partial charge is 0.338 e. The number of likely N-dealkylation sites (tertiary alicyclic amines) is 1. The average molecular weight is 278 g/mol. The highest BCUT2D eigenvalue weighted by Gasteiger charge is 2.24. The van der Waals surface area contributed by atoms with Crippen LogP contribution in [0.4, 0.5) is 0 Å². The minimum atomic E-state index is 0.147. The van der Waals surface area contributed by atoms with Gasteiger partial charge in [0, 0.05) is 23.5 Å². The quantitative estimate of drug-likeness (QED) is 0.832. The van der Waals surface area contributed by atoms with Gasteiger partial charge in [-0.2, -0.15) is 0 Å². The van der Waals surface area contributed by atoms with E-state index in [0.717, 1.165) is 42.1 Å². The Labute approximate surface area is 120 Å². The van der Waals surface area contributed by atoms with Gasteiger partial charge in [-0.1, -0.05) is 6.07 Å². The molecule has 19 heavy (non-hydrogen) atoms. The van der Waals surface area contributed by atoms with E-state index in [9.17, 15) is 4.79 Å². The first-order valence-corrected chi connectivity index (χ1v) is 7.30. The van der Waals surface area contributed by atoms with Crippen molar-refractivity contribution >= 4 is 18.5 Å². The molecule has 0 bridgehead atoms. The number of benzene rings is 1. The van der Waals surface area contributed by atoms with Gasteiger partial charge in [-0.3, -0.25) is 4.79 Å². The van der Waals surface area contributed by atoms with Crippen LogP contribution < -0.4 is 5.32 Å². The lowest BCUT2D eigenvalue weighted by molar-refractivity contribution is 0.0673. The van der Waals surface area contributed by atoms with Crippen LogP contribution in [0.3, 0.4) is 0 Å². The fourth-order valence-electron chi connectivity index (χ4n) is 2.72. The van der Waals surface area contributed by atoms with E-state index in [2.05, 4.69) is 17.9 Å². The number of thiol groups is 1. The van der Waals surface area contributed by atoms with Crippen LogP contribution in [0.5, 0.6) is 0 Å². The van der Waals surface area contributed by atoms with E-state index in [4.69, 9.17) is 0 Å². The lowest BCUT2D eigenvalue weighted by atomic mass is 9.97. The minimum Gasteiger partial charge on any atom is -0.338 e. The summed E-state index contributed by atoms with van der Waals surface area (Å²) < 4.78 is 0. The highest BCUT2D eigenvalue weighted by atomic mass is 32.1. The van der Waals surface area contributed by atoms with Crippen molar-refractivity contribution in [3.63, 3.8) is 0 Å². The van der Waals surface area contributed by atoms with E-state index in [1.165, 1.54) is 6.42 Å². The molecule has 1 N–H and O–H groups in total. The van der Waals surface area contributed by atoms with Crippen LogP contribution >= 0.6 is 12.6 Å². The molecule has 1 aliphatic heterocycles. The molecule has 1 heterocycles. The van der Waals surface area contributed by atoms with Crippen molar-refractivity contribution in [2.75, 3.05) is 26.7 Å². The van der Waals surface area contributed by atoms with Crippen LogP contribution in [0.1, 0.15) is 28.8 Å². The molecule has 0 aliphatic carbocycles. The summed E-state index contributed by atoms with van der Waals surface area (Å²) in [6.45, 7) is 4.69. The second-order valence-electron chi connectivity index (χ2n) is 5.32. The molecular weight excluding hydrogens is 256 g/mol. The second-order valence-corrected chi connectivity index (χ2v) is 5.83. The zero-order valence-electron chi connectivity index (χ0n) is 11.6. The summed E-state index contributed by atoms with van der Waals surface area (Å²) in [7, 11) is 1.97. The van der Waals surface area contributed by atoms with Gasteiger partial charge >= 0.3 is 0 Å². The number of aryl methyl sites for hydroxylation is 1. The number of piperidine rings is 1. The zero-order valence-corrected chi connectivity index (χ0v) is 12.5. The Bertz CT molecular complexity index is 459. The lowest BCUT2D eigenvalue weighted by Gasteiger charge is -2.33. The molecule has 1 unspecified atom stereocenters. The Morgan fingerprint density at radius 2 is 2.32 bits per heavy atom. The van der Waals surface area contributed by atoms with E-state index < -0.39 is 0 Å². The highest BCUT2D eigenvalue weighted by Crippen LogP contribution is 2.21. The van der Waals surface area contributed by atoms with Crippen LogP contribution in [0, 0.1) is 12.8 Å². The van der Waals surface area contributed by atoms with Crippen LogP contribution in [0.15, 0.2) is 23.1 Å². The van der Waals surface area contributed by atoms with Gasteiger partial charge in [0.15, 0.2) is 0 Å². The van der Waals surface area contributed by atoms with Gasteiger partial charge in [-0.25, -0.2) is 0 Å². The normalized spacial score (nSPS) is 19.5. The van der Waals surface area contributed by atoms with E-state index >= 15 is 0 Å². The molecule has 4 heteroatoms. The predicted molar refractivity (Wildman–Crippen MR) is 81.0 cm³/mol. The summed E-state index contributed by atoms with van der Waals surface area (Å²) in [6, 6.07) is 5.77. The monoisotopic (exact) mass is 278 g/mol. The maximum atomic E-state index is 12.6. The molecule has 0 radical (unpaired) electrons. The fourth-order valence-corrected chi connectivity index (χ4v) is 2.92. The Balaban J connectivity index is 2.12. The van der Waals surface area contributed by atoms with Gasteiger partial charge in [-0.15, -0.1) is 12.6 Å². The first-order valence-electron chi connectivity index (χ1n) is 6.85. The Hall–Kier alpha value is -1.00. The fraction of sp³-hybridized carbons (Fsp3) is 0.533. The van der Waals surface area contributed by atoms with Crippen LogP contribution in [0.2, 0.25) is 0 Å². The molecule has 1 aromatic rings. The molecule has 0 saturated carbocycles. The molecule has 1 aromatic carbocycles. The topological polar surface area (TPSA) is 32.3 Å². The molecule has 1 amide bonds. The third-order valence-corrected chi connectivity index (χ3v) is 4.03. The molecule has 2 rings (SSSR count). The summed E-state index contributed by atoms with van der Waals surface area (Å²) in [5.74, 6) is 0.719. The molecule has 3 nitrogen and oxygen atoms in total. The molecule has 1 aliphatic rings. The smallest absolute Gasteiger partial charge is 0.254 e. The van der Waals surface area contributed by atoms with Gasteiger partial charge in [0.25, 0.3) is 5.91 Å². The van der Waals surface area contributed by atoms with Crippen molar-refractivity contribution in [2.45, 2.75) is 24.7 Å². The number of rotatable bonds is 3. The minimum absolute atomic E-state index is 0.147. The van der Waals surface area contributed by atoms with Gasteiger partial charge in [0.2, 0.25) is 0 Å². The number of amides is 1. The maximum Gasteiger partial charge on any atom is 0.254 e. The van der Waals surface area contributed by atoms with Crippen LogP contribution in [0.25, 0.3) is 0 Å². The summed E-state index contributed by atoms with van der Waals surface area (Å²) in [5, 5.41) is 3.21. The molecule has 0 spiro atoms. The molecule has 0 aromatic heterocycles. The Morgan fingerprint density at radius 1 is 1.53 bits per heavy atom. The van der Waals surface area contributed by atoms with E-state index in [0.29, 0.717) is 5.92 Å². The van der Waals surface area contributed by atoms with E-state index in [1.807, 2.05) is 37.1 Å². The summed E-state index contributed by atoms with van der Waals surface area (Å²) in [5.41, 5.74) is 1.82. The third kappa shape index (κ3) is 3.51. The molecule has 1 fully saturated rings. The Kier molecular flexibility index (Phi) is 4.88. The van der Waals surface area contributed by atoms with Crippen molar-refractivity contribution in [1.29, 1.82) is 0 Å². The van der Waals surface area contributed by atoms with Crippen molar-refractivity contribution < 1.29 is 4.79 Å². The predicted octanol–water partition coefficient (Wildman–Crippen LogP) is 2.36. The number of nitrogens with zero attached hydrogens (tertiary/aromatic N) is 1. The highest BCUT2D eigenvalue weighted by molar-refractivity contribution is 7.80. The van der Waals surface area contributed by atoms with E-state index in [-0.39, 0.29) is 5.91 Å². The standard InChI is InChI=1S/C15H22N2OS/c1-11-5-6-13(19)8-14(11)15(18)17-7-3-4-12(10-17)9-16-2/h5-6,8,12,16,19H,3-4,7,9-10H2,1-2H3. The second kappa shape index (κ2) is 6.44. The van der Waals surface area contributed by atoms with Gasteiger partial charge < -0.3 is 10.2 Å². The lowest BCUT2D eigenvalue weighted by Crippen LogP contribution is -2.42. The summed E-state index contributed by atoms with van der Waals surface area (Å²) in [6.07, 6.45) is 2.30. The van der Waals surface area contributed by atoms with Crippen LogP contribution in [-0.4, -0.2) is 37.5 Å². The Morgan fingerprint density at radius 3 is 3.05 bits per heavy atom. The first-order chi connectivity index (χ1) is 9.11. The third-order valence-electron chi connectivity index (χ3n) is 3.75. The number of nitrogens with one attached hydrogen (secondary N) is 1. The molecule has 104 valence electrons. The average Bonchev–Trinajstić information content (AvgIpc) is 2.41. The number of carbonyl (C=O) groups is 1. The SMILES string of the molecule is CNCC1CCCN(C(=O)c2cc(S)ccc2C)C1.